The minimum Gasteiger partial charge on any atom is -0.497 e. The molecule has 0 saturated heterocycles. The van der Waals surface area contributed by atoms with E-state index in [4.69, 9.17) is 18.9 Å². The van der Waals surface area contributed by atoms with Gasteiger partial charge in [-0.2, -0.15) is 0 Å². The molecule has 2 aromatic carbocycles. The summed E-state index contributed by atoms with van der Waals surface area (Å²) in [4.78, 5) is 4.49. The van der Waals surface area contributed by atoms with Gasteiger partial charge in [-0.15, -0.1) is 0 Å². The Balaban J connectivity index is 1.56. The van der Waals surface area contributed by atoms with Gasteiger partial charge in [0.1, 0.15) is 22.9 Å². The van der Waals surface area contributed by atoms with E-state index in [2.05, 4.69) is 28.7 Å². The standard InChI is InChI=1S/C24H17NO4/c1-26-21-12-18(13-22(15-21)27-2)7-10-20-5-3-4-19(25-20)9-6-17-8-11-23-24(14-17)29-16-28-23/h3-5,8,11-15H,16H2,1-2H3. The van der Waals surface area contributed by atoms with Crippen molar-refractivity contribution >= 4 is 0 Å². The molecule has 0 fully saturated rings. The number of hydrogen-bond donors (Lipinski definition) is 0. The highest BCUT2D eigenvalue weighted by Crippen LogP contribution is 2.32. The Morgan fingerprint density at radius 1 is 0.724 bits per heavy atom. The normalized spacial score (nSPS) is 11.0. The molecule has 0 saturated carbocycles. The number of fused-ring (bicyclic) bond motifs is 1. The van der Waals surface area contributed by atoms with Crippen molar-refractivity contribution in [2.45, 2.75) is 0 Å². The lowest BCUT2D eigenvalue weighted by molar-refractivity contribution is 0.174. The highest BCUT2D eigenvalue weighted by molar-refractivity contribution is 5.51. The molecular weight excluding hydrogens is 366 g/mol. The van der Waals surface area contributed by atoms with Crippen molar-refractivity contribution < 1.29 is 18.9 Å². The molecule has 0 aliphatic carbocycles. The van der Waals surface area contributed by atoms with E-state index in [9.17, 15) is 0 Å². The van der Waals surface area contributed by atoms with Gasteiger partial charge in [-0.1, -0.05) is 17.9 Å². The van der Waals surface area contributed by atoms with Crippen LogP contribution in [0.4, 0.5) is 0 Å². The van der Waals surface area contributed by atoms with E-state index < -0.39 is 0 Å². The van der Waals surface area contributed by atoms with Gasteiger partial charge in [0.15, 0.2) is 11.5 Å². The number of nitrogens with zero attached hydrogens (tertiary/aromatic N) is 1. The van der Waals surface area contributed by atoms with Crippen LogP contribution in [0.5, 0.6) is 23.0 Å². The molecule has 1 aliphatic heterocycles. The molecule has 0 spiro atoms. The molecule has 3 aromatic rings. The first-order chi connectivity index (χ1) is 14.2. The fourth-order valence-electron chi connectivity index (χ4n) is 2.70. The van der Waals surface area contributed by atoms with Gasteiger partial charge in [0.05, 0.1) is 14.2 Å². The van der Waals surface area contributed by atoms with Crippen molar-refractivity contribution in [3.63, 3.8) is 0 Å². The van der Waals surface area contributed by atoms with Crippen molar-refractivity contribution in [3.05, 3.63) is 77.1 Å². The maximum Gasteiger partial charge on any atom is 0.231 e. The minimum absolute atomic E-state index is 0.244. The van der Waals surface area contributed by atoms with Gasteiger partial charge in [-0.05, 0) is 54.3 Å². The number of rotatable bonds is 2. The van der Waals surface area contributed by atoms with Crippen LogP contribution in [0.1, 0.15) is 22.5 Å². The summed E-state index contributed by atoms with van der Waals surface area (Å²) in [5.74, 6) is 15.1. The molecule has 0 atom stereocenters. The Bertz CT molecular complexity index is 1160. The molecule has 0 bridgehead atoms. The second-order valence-electron chi connectivity index (χ2n) is 6.08. The van der Waals surface area contributed by atoms with Crippen LogP contribution in [0.15, 0.2) is 54.6 Å². The van der Waals surface area contributed by atoms with Crippen LogP contribution in [0.3, 0.4) is 0 Å². The van der Waals surface area contributed by atoms with Gasteiger partial charge in [0.2, 0.25) is 6.79 Å². The maximum absolute atomic E-state index is 5.38. The van der Waals surface area contributed by atoms with E-state index in [1.54, 1.807) is 20.3 Å². The predicted molar refractivity (Wildman–Crippen MR) is 108 cm³/mol. The first-order valence-electron chi connectivity index (χ1n) is 8.87. The molecular formula is C24H17NO4. The summed E-state index contributed by atoms with van der Waals surface area (Å²) < 4.78 is 21.2. The summed E-state index contributed by atoms with van der Waals surface area (Å²) in [7, 11) is 3.21. The van der Waals surface area contributed by atoms with Gasteiger partial charge in [0.25, 0.3) is 0 Å². The number of methoxy groups -OCH3 is 2. The Morgan fingerprint density at radius 3 is 2.07 bits per heavy atom. The Kier molecular flexibility index (Phi) is 5.23. The van der Waals surface area contributed by atoms with E-state index in [0.717, 1.165) is 16.9 Å². The number of benzene rings is 2. The number of pyridine rings is 1. The highest BCUT2D eigenvalue weighted by Gasteiger charge is 2.12. The van der Waals surface area contributed by atoms with Crippen LogP contribution in [-0.4, -0.2) is 26.0 Å². The molecule has 29 heavy (non-hydrogen) atoms. The fraction of sp³-hybridized carbons (Fsp3) is 0.125. The smallest absolute Gasteiger partial charge is 0.231 e. The van der Waals surface area contributed by atoms with Crippen LogP contribution < -0.4 is 18.9 Å². The van der Waals surface area contributed by atoms with Gasteiger partial charge >= 0.3 is 0 Å². The van der Waals surface area contributed by atoms with Gasteiger partial charge in [0, 0.05) is 17.2 Å². The largest absolute Gasteiger partial charge is 0.497 e. The lowest BCUT2D eigenvalue weighted by Gasteiger charge is -2.04. The SMILES string of the molecule is COc1cc(C#Cc2cccc(C#Cc3ccc4c(c3)OCO4)n2)cc(OC)c1. The Labute approximate surface area is 169 Å². The zero-order valence-electron chi connectivity index (χ0n) is 16.0. The maximum atomic E-state index is 5.38. The summed E-state index contributed by atoms with van der Waals surface area (Å²) in [5.41, 5.74) is 2.87. The fourth-order valence-corrected chi connectivity index (χ4v) is 2.70. The van der Waals surface area contributed by atoms with Crippen LogP contribution in [-0.2, 0) is 0 Å². The van der Waals surface area contributed by atoms with Crippen LogP contribution >= 0.6 is 0 Å². The van der Waals surface area contributed by atoms with Crippen molar-refractivity contribution in [1.29, 1.82) is 0 Å². The molecule has 1 aliphatic rings. The molecule has 1 aromatic heterocycles. The second kappa shape index (κ2) is 8.29. The number of hydrogen-bond acceptors (Lipinski definition) is 5. The topological polar surface area (TPSA) is 49.8 Å². The van der Waals surface area contributed by atoms with E-state index in [1.165, 1.54) is 0 Å². The second-order valence-corrected chi connectivity index (χ2v) is 6.08. The van der Waals surface area contributed by atoms with Crippen LogP contribution in [0.2, 0.25) is 0 Å². The zero-order valence-corrected chi connectivity index (χ0v) is 16.0. The first kappa shape index (κ1) is 18.3. The Morgan fingerprint density at radius 2 is 1.38 bits per heavy atom. The molecule has 142 valence electrons. The summed E-state index contributed by atoms with van der Waals surface area (Å²) in [6.45, 7) is 0.244. The van der Waals surface area contributed by atoms with Crippen molar-refractivity contribution in [2.24, 2.45) is 0 Å². The van der Waals surface area contributed by atoms with Crippen LogP contribution in [0.25, 0.3) is 0 Å². The molecule has 0 radical (unpaired) electrons. The van der Waals surface area contributed by atoms with E-state index >= 15 is 0 Å². The van der Waals surface area contributed by atoms with Gasteiger partial charge < -0.3 is 18.9 Å². The summed E-state index contributed by atoms with van der Waals surface area (Å²) >= 11 is 0. The number of ether oxygens (including phenoxy) is 4. The average molecular weight is 383 g/mol. The van der Waals surface area contributed by atoms with E-state index in [-0.39, 0.29) is 6.79 Å². The van der Waals surface area contributed by atoms with E-state index in [0.29, 0.717) is 28.6 Å². The number of aromatic nitrogens is 1. The molecule has 0 N–H and O–H groups in total. The summed E-state index contributed by atoms with van der Waals surface area (Å²) in [6, 6.07) is 16.7. The molecule has 0 amide bonds. The third-order valence-corrected chi connectivity index (χ3v) is 4.14. The third kappa shape index (κ3) is 4.43. The molecule has 0 unspecified atom stereocenters. The average Bonchev–Trinajstić information content (AvgIpc) is 3.24. The van der Waals surface area contributed by atoms with Crippen molar-refractivity contribution in [2.75, 3.05) is 21.0 Å². The van der Waals surface area contributed by atoms with Gasteiger partial charge in [-0.25, -0.2) is 4.98 Å². The van der Waals surface area contributed by atoms with Gasteiger partial charge in [-0.3, -0.25) is 0 Å². The molecule has 4 rings (SSSR count). The lowest BCUT2D eigenvalue weighted by Crippen LogP contribution is -1.92. The molecule has 5 nitrogen and oxygen atoms in total. The predicted octanol–water partition coefficient (Wildman–Crippen LogP) is 3.63. The van der Waals surface area contributed by atoms with Crippen LogP contribution in [0, 0.1) is 23.7 Å². The third-order valence-electron chi connectivity index (χ3n) is 4.14. The zero-order chi connectivity index (χ0) is 20.1. The Hall–Kier alpha value is -4.09. The van der Waals surface area contributed by atoms with E-state index in [1.807, 2.05) is 48.5 Å². The van der Waals surface area contributed by atoms with Crippen molar-refractivity contribution in [1.82, 2.24) is 4.98 Å². The monoisotopic (exact) mass is 383 g/mol. The molecule has 5 heteroatoms. The first-order valence-corrected chi connectivity index (χ1v) is 8.87. The van der Waals surface area contributed by atoms with Crippen molar-refractivity contribution in [3.8, 4) is 46.7 Å². The lowest BCUT2D eigenvalue weighted by atomic mass is 10.2. The minimum atomic E-state index is 0.244. The summed E-state index contributed by atoms with van der Waals surface area (Å²) in [5, 5.41) is 0. The quantitative estimate of drug-likeness (QED) is 0.633. The summed E-state index contributed by atoms with van der Waals surface area (Å²) in [6.07, 6.45) is 0. The molecule has 2 heterocycles. The highest BCUT2D eigenvalue weighted by atomic mass is 16.7.